The van der Waals surface area contributed by atoms with Gasteiger partial charge in [0.2, 0.25) is 5.91 Å². The fraction of sp³-hybridized carbons (Fsp3) is 0.388. The van der Waals surface area contributed by atoms with E-state index in [9.17, 15) is 19.2 Å². The van der Waals surface area contributed by atoms with E-state index in [4.69, 9.17) is 28.9 Å². The minimum Gasteiger partial charge on any atom is -0.488 e. The fourth-order valence-electron chi connectivity index (χ4n) is 10.2. The van der Waals surface area contributed by atoms with E-state index < -0.39 is 24.3 Å². The van der Waals surface area contributed by atoms with Gasteiger partial charge < -0.3 is 49.3 Å². The summed E-state index contributed by atoms with van der Waals surface area (Å²) in [5.41, 5.74) is 7.15. The number of carbonyl (C=O) groups excluding carboxylic acids is 4. The number of fused-ring (bicyclic) bond motifs is 7. The zero-order valence-corrected chi connectivity index (χ0v) is 36.9. The molecular formula is C49H52N8O8. The number of hydrogen-bond acceptors (Lipinski definition) is 10. The van der Waals surface area contributed by atoms with Gasteiger partial charge in [0.25, 0.3) is 5.91 Å². The SMILES string of the molecule is COC[C@H]1C[C@@H](c2ncc(-c3ccc4c(c3)COc3cc5c(ccc6nc([C@@H]7C[C@@H]8CC8N7C(=O)[C@@H](NC(=O)OC)C(C)C)[nH]c65)cc3-4)[nH]2)N(C(=O)[C@H](NC(=O)OC)c2ccccc2)C1. The van der Waals surface area contributed by atoms with Crippen molar-refractivity contribution < 1.29 is 38.1 Å². The van der Waals surface area contributed by atoms with Crippen LogP contribution in [0.2, 0.25) is 0 Å². The van der Waals surface area contributed by atoms with Gasteiger partial charge in [-0.05, 0) is 83.0 Å². The van der Waals surface area contributed by atoms with Crippen LogP contribution in [-0.2, 0) is 30.4 Å². The number of carbonyl (C=O) groups is 4. The van der Waals surface area contributed by atoms with Crippen molar-refractivity contribution in [3.8, 4) is 28.1 Å². The number of nitrogens with one attached hydrogen (secondary N) is 4. The second kappa shape index (κ2) is 16.9. The maximum absolute atomic E-state index is 14.3. The number of methoxy groups -OCH3 is 3. The maximum atomic E-state index is 14.3. The number of aromatic amines is 2. The van der Waals surface area contributed by atoms with Crippen molar-refractivity contribution in [2.45, 2.75) is 69.9 Å². The summed E-state index contributed by atoms with van der Waals surface area (Å²) in [5.74, 6) is 2.14. The lowest BCUT2D eigenvalue weighted by atomic mass is 9.92. The quantitative estimate of drug-likeness (QED) is 0.102. The molecule has 1 aliphatic carbocycles. The molecule has 0 radical (unpaired) electrons. The van der Waals surface area contributed by atoms with Crippen LogP contribution in [0.3, 0.4) is 0 Å². The topological polar surface area (TPSA) is 193 Å². The molecule has 0 spiro atoms. The molecule has 4 N–H and O–H groups in total. The van der Waals surface area contributed by atoms with Gasteiger partial charge in [-0.3, -0.25) is 9.59 Å². The van der Waals surface area contributed by atoms with Crippen LogP contribution >= 0.6 is 0 Å². The van der Waals surface area contributed by atoms with Gasteiger partial charge in [0.05, 0.1) is 55.8 Å². The lowest BCUT2D eigenvalue weighted by Crippen LogP contribution is -2.52. The molecule has 0 bridgehead atoms. The molecule has 65 heavy (non-hydrogen) atoms. The minimum absolute atomic E-state index is 0.0696. The second-order valence-electron chi connectivity index (χ2n) is 18.0. The lowest BCUT2D eigenvalue weighted by Gasteiger charge is -2.31. The Kier molecular flexibility index (Phi) is 10.9. The maximum Gasteiger partial charge on any atom is 0.407 e. The van der Waals surface area contributed by atoms with Gasteiger partial charge in [-0.15, -0.1) is 0 Å². The first-order valence-corrected chi connectivity index (χ1v) is 22.2. The van der Waals surface area contributed by atoms with Crippen LogP contribution in [-0.4, -0.2) is 100 Å². The minimum atomic E-state index is -0.946. The van der Waals surface area contributed by atoms with Crippen LogP contribution in [0.1, 0.15) is 74.0 Å². The standard InChI is InChI=1S/C49H52N8O8/c1-25(2)41(54-48(60)63-4)47(59)57-37-18-30(37)19-39(57)45-51-35-14-12-28-17-34-32-13-11-29(16-31(32)24-65-40(34)20-33(28)43(35)53-45)36-21-50-44(52-36)38-15-26(23-62-3)22-56(38)46(58)42(55-49(61)64-5)27-9-7-6-8-10-27/h6-14,16-17,20-21,25-26,30,37-39,41-42H,15,18-19,22-24H2,1-5H3,(H,50,52)(H,51,53)(H,54,60)(H,55,61)/t26-,30-,37?,38-,39-,41-,42+/m0/s1. The Morgan fingerprint density at radius 2 is 1.65 bits per heavy atom. The molecule has 1 unspecified atom stereocenters. The highest BCUT2D eigenvalue weighted by atomic mass is 16.5. The molecule has 336 valence electrons. The average molecular weight is 881 g/mol. The van der Waals surface area contributed by atoms with Crippen molar-refractivity contribution in [3.63, 3.8) is 0 Å². The number of nitrogens with zero attached hydrogens (tertiary/aromatic N) is 4. The highest BCUT2D eigenvalue weighted by molar-refractivity contribution is 6.07. The first-order chi connectivity index (χ1) is 31.5. The van der Waals surface area contributed by atoms with Crippen molar-refractivity contribution in [2.24, 2.45) is 17.8 Å². The van der Waals surface area contributed by atoms with Gasteiger partial charge in [0.1, 0.15) is 36.1 Å². The molecule has 3 fully saturated rings. The number of H-pyrrole nitrogens is 2. The van der Waals surface area contributed by atoms with Crippen molar-refractivity contribution in [1.82, 2.24) is 40.4 Å². The zero-order valence-electron chi connectivity index (χ0n) is 36.9. The molecule has 4 aromatic carbocycles. The summed E-state index contributed by atoms with van der Waals surface area (Å²) in [5, 5.41) is 7.49. The highest BCUT2D eigenvalue weighted by Gasteiger charge is 2.56. The Balaban J connectivity index is 0.908. The number of rotatable bonds is 11. The number of imidazole rings is 2. The second-order valence-corrected chi connectivity index (χ2v) is 18.0. The number of piperidine rings is 1. The molecule has 6 aromatic rings. The summed E-state index contributed by atoms with van der Waals surface area (Å²) in [4.78, 5) is 73.6. The number of likely N-dealkylation sites (tertiary alicyclic amines) is 2. The molecule has 2 saturated heterocycles. The van der Waals surface area contributed by atoms with E-state index in [-0.39, 0.29) is 41.8 Å². The predicted molar refractivity (Wildman–Crippen MR) is 240 cm³/mol. The first-order valence-electron chi connectivity index (χ1n) is 22.2. The van der Waals surface area contributed by atoms with Gasteiger partial charge in [0, 0.05) is 36.6 Å². The molecular weight excluding hydrogens is 829 g/mol. The summed E-state index contributed by atoms with van der Waals surface area (Å²) in [7, 11) is 4.23. The van der Waals surface area contributed by atoms with Crippen LogP contribution in [0.25, 0.3) is 44.2 Å². The number of alkyl carbamates (subject to hydrolysis) is 2. The Hall–Kier alpha value is -6.94. The number of ether oxygens (including phenoxy) is 4. The largest absolute Gasteiger partial charge is 0.488 e. The Bertz CT molecular complexity index is 2820. The van der Waals surface area contributed by atoms with E-state index in [1.165, 1.54) is 14.2 Å². The predicted octanol–water partition coefficient (Wildman–Crippen LogP) is 7.34. The van der Waals surface area contributed by atoms with E-state index in [0.29, 0.717) is 43.5 Å². The normalized spacial score (nSPS) is 21.6. The molecule has 2 aromatic heterocycles. The van der Waals surface area contributed by atoms with E-state index in [1.807, 2.05) is 55.1 Å². The highest BCUT2D eigenvalue weighted by Crippen LogP contribution is 2.54. The fourth-order valence-corrected chi connectivity index (χ4v) is 10.2. The van der Waals surface area contributed by atoms with Gasteiger partial charge in [-0.2, -0.15) is 0 Å². The Labute approximate surface area is 375 Å². The number of benzene rings is 4. The molecule has 4 amide bonds. The molecule has 16 heteroatoms. The summed E-state index contributed by atoms with van der Waals surface area (Å²) in [6, 6.07) is 21.6. The van der Waals surface area contributed by atoms with E-state index in [1.54, 1.807) is 18.2 Å². The third kappa shape index (κ3) is 7.68. The molecule has 4 aliphatic rings. The summed E-state index contributed by atoms with van der Waals surface area (Å²) in [6.07, 6.45) is 2.88. The van der Waals surface area contributed by atoms with E-state index >= 15 is 0 Å². The average Bonchev–Trinajstić information content (AvgIpc) is 3.79. The summed E-state index contributed by atoms with van der Waals surface area (Å²) >= 11 is 0. The Morgan fingerprint density at radius 1 is 0.846 bits per heavy atom. The molecule has 7 atom stereocenters. The van der Waals surface area contributed by atoms with E-state index in [2.05, 4.69) is 57.0 Å². The third-order valence-electron chi connectivity index (χ3n) is 13.6. The zero-order chi connectivity index (χ0) is 45.1. The number of hydrogen-bond donors (Lipinski definition) is 4. The summed E-state index contributed by atoms with van der Waals surface area (Å²) < 4.78 is 21.7. The smallest absolute Gasteiger partial charge is 0.407 e. The molecule has 1 saturated carbocycles. The lowest BCUT2D eigenvalue weighted by molar-refractivity contribution is -0.137. The molecule has 3 aliphatic heterocycles. The first kappa shape index (κ1) is 42.0. The number of aromatic nitrogens is 4. The van der Waals surface area contributed by atoms with Gasteiger partial charge in [-0.25, -0.2) is 19.6 Å². The van der Waals surface area contributed by atoms with Gasteiger partial charge >= 0.3 is 12.2 Å². The monoisotopic (exact) mass is 880 g/mol. The molecule has 10 rings (SSSR count). The number of amides is 4. The van der Waals surface area contributed by atoms with Crippen LogP contribution in [0.5, 0.6) is 5.75 Å². The molecule has 16 nitrogen and oxygen atoms in total. The third-order valence-corrected chi connectivity index (χ3v) is 13.6. The van der Waals surface area contributed by atoms with Crippen LogP contribution in [0, 0.1) is 17.8 Å². The van der Waals surface area contributed by atoms with Crippen molar-refractivity contribution in [1.29, 1.82) is 0 Å². The van der Waals surface area contributed by atoms with Gasteiger partial charge in [-0.1, -0.05) is 62.4 Å². The van der Waals surface area contributed by atoms with Crippen LogP contribution in [0.15, 0.2) is 79.0 Å². The summed E-state index contributed by atoms with van der Waals surface area (Å²) in [6.45, 7) is 5.12. The Morgan fingerprint density at radius 3 is 2.42 bits per heavy atom. The van der Waals surface area contributed by atoms with Crippen molar-refractivity contribution >= 4 is 45.8 Å². The van der Waals surface area contributed by atoms with Gasteiger partial charge in [0.15, 0.2) is 0 Å². The van der Waals surface area contributed by atoms with Crippen LogP contribution < -0.4 is 15.4 Å². The van der Waals surface area contributed by atoms with E-state index in [0.717, 1.165) is 74.2 Å². The molecule has 5 heterocycles. The van der Waals surface area contributed by atoms with Crippen LogP contribution in [0.4, 0.5) is 9.59 Å². The van der Waals surface area contributed by atoms with Crippen molar-refractivity contribution in [2.75, 3.05) is 34.5 Å². The van der Waals surface area contributed by atoms with Crippen molar-refractivity contribution in [3.05, 3.63) is 102 Å².